The molecule has 2 aromatic rings. The summed E-state index contributed by atoms with van der Waals surface area (Å²) in [7, 11) is 0. The highest BCUT2D eigenvalue weighted by atomic mass is 16.2. The van der Waals surface area contributed by atoms with Crippen molar-refractivity contribution in [2.24, 2.45) is 0 Å². The van der Waals surface area contributed by atoms with Crippen molar-refractivity contribution in [3.63, 3.8) is 0 Å². The van der Waals surface area contributed by atoms with E-state index >= 15 is 0 Å². The predicted molar refractivity (Wildman–Crippen MR) is 110 cm³/mol. The lowest BCUT2D eigenvalue weighted by Crippen LogP contribution is -2.48. The third-order valence-electron chi connectivity index (χ3n) is 6.17. The average Bonchev–Trinajstić information content (AvgIpc) is 2.99. The molecule has 1 amide bonds. The second kappa shape index (κ2) is 6.64. The molecule has 1 spiro atoms. The highest BCUT2D eigenvalue weighted by molar-refractivity contribution is 5.95. The van der Waals surface area contributed by atoms with Crippen LogP contribution in [0.4, 0.5) is 5.95 Å². The molecule has 4 rings (SSSR count). The molecule has 1 unspecified atom stereocenters. The van der Waals surface area contributed by atoms with Crippen LogP contribution < -0.4 is 11.3 Å². The summed E-state index contributed by atoms with van der Waals surface area (Å²) in [5.41, 5.74) is 7.79. The Morgan fingerprint density at radius 2 is 2.03 bits per heavy atom. The number of hydrogen-bond donors (Lipinski definition) is 2. The van der Waals surface area contributed by atoms with Gasteiger partial charge in [-0.25, -0.2) is 15.0 Å². The summed E-state index contributed by atoms with van der Waals surface area (Å²) in [6.07, 6.45) is 4.85. The number of nitrogens with two attached hydrogens (primary N) is 1. The number of carbonyl (C=O) groups excluding carboxylic acids is 1. The number of amides is 1. The van der Waals surface area contributed by atoms with E-state index in [4.69, 9.17) is 10.7 Å². The standard InChI is InChI=1S/C21H28N6O2/c1-12-14(10-23-19(22)24-12)17(29)27-9-5-7-21(11-27)8-6-13-15(21)25-18(20(2,3)4)26-16(13)28/h10H,5-9,11H2,1-4H3,(H2,22,23,24)(H,25,26,28). The SMILES string of the molecule is Cc1nc(N)ncc1C(=O)N1CCCC2(CCc3c2nc(C(C)(C)C)[nH]c3=O)C1. The second-order valence-corrected chi connectivity index (χ2v) is 9.33. The number of rotatable bonds is 1. The number of likely N-dealkylation sites (tertiary alicyclic amines) is 1. The molecule has 8 nitrogen and oxygen atoms in total. The van der Waals surface area contributed by atoms with Crippen LogP contribution in [0.3, 0.4) is 0 Å². The third-order valence-corrected chi connectivity index (χ3v) is 6.17. The number of fused-ring (bicyclic) bond motifs is 2. The van der Waals surface area contributed by atoms with Crippen LogP contribution in [-0.2, 0) is 17.3 Å². The number of H-pyrrole nitrogens is 1. The zero-order chi connectivity index (χ0) is 21.0. The highest BCUT2D eigenvalue weighted by Gasteiger charge is 2.46. The van der Waals surface area contributed by atoms with Crippen molar-refractivity contribution in [2.75, 3.05) is 18.8 Å². The third kappa shape index (κ3) is 3.30. The zero-order valence-electron chi connectivity index (χ0n) is 17.5. The van der Waals surface area contributed by atoms with E-state index in [0.717, 1.165) is 30.5 Å². The average molecular weight is 396 g/mol. The first kappa shape index (κ1) is 19.5. The van der Waals surface area contributed by atoms with Crippen molar-refractivity contribution in [1.29, 1.82) is 0 Å². The number of aryl methyl sites for hydroxylation is 1. The van der Waals surface area contributed by atoms with Crippen LogP contribution in [-0.4, -0.2) is 43.8 Å². The maximum absolute atomic E-state index is 13.2. The first-order valence-corrected chi connectivity index (χ1v) is 10.1. The Morgan fingerprint density at radius 1 is 1.28 bits per heavy atom. The number of hydrogen-bond acceptors (Lipinski definition) is 6. The molecule has 2 aliphatic rings. The second-order valence-electron chi connectivity index (χ2n) is 9.33. The number of piperidine rings is 1. The normalized spacial score (nSPS) is 21.4. The maximum Gasteiger partial charge on any atom is 0.257 e. The molecule has 0 radical (unpaired) electrons. The minimum absolute atomic E-state index is 0.0389. The Hall–Kier alpha value is -2.77. The fraction of sp³-hybridized carbons (Fsp3) is 0.571. The van der Waals surface area contributed by atoms with Gasteiger partial charge in [-0.3, -0.25) is 9.59 Å². The molecule has 1 aliphatic heterocycles. The maximum atomic E-state index is 13.2. The topological polar surface area (TPSA) is 118 Å². The summed E-state index contributed by atoms with van der Waals surface area (Å²) in [6.45, 7) is 9.13. The van der Waals surface area contributed by atoms with Crippen LogP contribution in [0.25, 0.3) is 0 Å². The lowest BCUT2D eigenvalue weighted by molar-refractivity contribution is 0.0631. The van der Waals surface area contributed by atoms with Crippen LogP contribution in [0.15, 0.2) is 11.0 Å². The van der Waals surface area contributed by atoms with Gasteiger partial charge in [0, 0.05) is 35.7 Å². The van der Waals surface area contributed by atoms with E-state index in [1.807, 2.05) is 25.7 Å². The van der Waals surface area contributed by atoms with Gasteiger partial charge in [-0.05, 0) is 32.6 Å². The van der Waals surface area contributed by atoms with Gasteiger partial charge in [-0.2, -0.15) is 0 Å². The molecule has 3 heterocycles. The van der Waals surface area contributed by atoms with Gasteiger partial charge < -0.3 is 15.6 Å². The van der Waals surface area contributed by atoms with Gasteiger partial charge in [-0.1, -0.05) is 20.8 Å². The first-order chi connectivity index (χ1) is 13.6. The molecular formula is C21H28N6O2. The molecule has 0 bridgehead atoms. The van der Waals surface area contributed by atoms with Crippen molar-refractivity contribution >= 4 is 11.9 Å². The molecule has 0 aromatic carbocycles. The Bertz CT molecular complexity index is 1040. The van der Waals surface area contributed by atoms with Gasteiger partial charge in [0.05, 0.1) is 17.0 Å². The molecule has 2 aromatic heterocycles. The van der Waals surface area contributed by atoms with E-state index in [9.17, 15) is 9.59 Å². The number of nitrogens with one attached hydrogen (secondary N) is 1. The van der Waals surface area contributed by atoms with E-state index in [-0.39, 0.29) is 28.2 Å². The number of anilines is 1. The summed E-state index contributed by atoms with van der Waals surface area (Å²) in [6, 6.07) is 0. The van der Waals surface area contributed by atoms with Gasteiger partial charge in [0.15, 0.2) is 0 Å². The first-order valence-electron chi connectivity index (χ1n) is 10.1. The zero-order valence-corrected chi connectivity index (χ0v) is 17.5. The molecule has 1 fully saturated rings. The largest absolute Gasteiger partial charge is 0.368 e. The Labute approximate surface area is 170 Å². The quantitative estimate of drug-likeness (QED) is 0.760. The lowest BCUT2D eigenvalue weighted by Gasteiger charge is -2.40. The van der Waals surface area contributed by atoms with Crippen LogP contribution in [0.5, 0.6) is 0 Å². The van der Waals surface area contributed by atoms with Crippen molar-refractivity contribution < 1.29 is 4.79 Å². The Balaban J connectivity index is 1.70. The summed E-state index contributed by atoms with van der Waals surface area (Å²) < 4.78 is 0. The molecule has 154 valence electrons. The van der Waals surface area contributed by atoms with E-state index in [2.05, 4.69) is 15.0 Å². The fourth-order valence-corrected chi connectivity index (χ4v) is 4.57. The predicted octanol–water partition coefficient (Wildman–Crippen LogP) is 1.87. The van der Waals surface area contributed by atoms with Crippen molar-refractivity contribution in [1.82, 2.24) is 24.8 Å². The molecule has 0 saturated carbocycles. The van der Waals surface area contributed by atoms with E-state index < -0.39 is 0 Å². The van der Waals surface area contributed by atoms with Crippen LogP contribution in [0.2, 0.25) is 0 Å². The number of nitrogen functional groups attached to an aromatic ring is 1. The molecule has 8 heteroatoms. The molecule has 1 saturated heterocycles. The summed E-state index contributed by atoms with van der Waals surface area (Å²) >= 11 is 0. The highest BCUT2D eigenvalue weighted by Crippen LogP contribution is 2.43. The van der Waals surface area contributed by atoms with E-state index in [1.54, 1.807) is 6.92 Å². The van der Waals surface area contributed by atoms with Gasteiger partial charge in [0.1, 0.15) is 5.82 Å². The molecule has 29 heavy (non-hydrogen) atoms. The lowest BCUT2D eigenvalue weighted by atomic mass is 9.77. The monoisotopic (exact) mass is 396 g/mol. The van der Waals surface area contributed by atoms with Crippen LogP contribution in [0.1, 0.15) is 73.2 Å². The minimum atomic E-state index is -0.264. The number of aromatic amines is 1. The Kier molecular flexibility index (Phi) is 4.47. The van der Waals surface area contributed by atoms with Crippen LogP contribution >= 0.6 is 0 Å². The molecule has 3 N–H and O–H groups in total. The van der Waals surface area contributed by atoms with Gasteiger partial charge in [-0.15, -0.1) is 0 Å². The van der Waals surface area contributed by atoms with Crippen molar-refractivity contribution in [3.05, 3.63) is 44.9 Å². The number of aromatic nitrogens is 4. The summed E-state index contributed by atoms with van der Waals surface area (Å²) in [5.74, 6) is 0.779. The number of nitrogens with zero attached hydrogens (tertiary/aromatic N) is 4. The molecule has 1 aliphatic carbocycles. The summed E-state index contributed by atoms with van der Waals surface area (Å²) in [5, 5.41) is 0. The smallest absolute Gasteiger partial charge is 0.257 e. The van der Waals surface area contributed by atoms with E-state index in [0.29, 0.717) is 36.6 Å². The van der Waals surface area contributed by atoms with Gasteiger partial charge in [0.25, 0.3) is 11.5 Å². The molecular weight excluding hydrogens is 368 g/mol. The van der Waals surface area contributed by atoms with Crippen molar-refractivity contribution in [2.45, 2.75) is 64.2 Å². The Morgan fingerprint density at radius 3 is 2.72 bits per heavy atom. The molecule has 1 atom stereocenters. The minimum Gasteiger partial charge on any atom is -0.368 e. The summed E-state index contributed by atoms with van der Waals surface area (Å²) in [4.78, 5) is 43.8. The van der Waals surface area contributed by atoms with Gasteiger partial charge in [0.2, 0.25) is 5.95 Å². The van der Waals surface area contributed by atoms with Gasteiger partial charge >= 0.3 is 0 Å². The van der Waals surface area contributed by atoms with Crippen molar-refractivity contribution in [3.8, 4) is 0 Å². The van der Waals surface area contributed by atoms with E-state index in [1.165, 1.54) is 6.20 Å². The van der Waals surface area contributed by atoms with Crippen LogP contribution in [0, 0.1) is 6.92 Å². The fourth-order valence-electron chi connectivity index (χ4n) is 4.57. The number of carbonyl (C=O) groups is 1.